The number of rotatable bonds is 3. The molecule has 0 radical (unpaired) electrons. The van der Waals surface area contributed by atoms with Crippen molar-refractivity contribution in [3.8, 4) is 29.0 Å². The Bertz CT molecular complexity index is 631. The van der Waals surface area contributed by atoms with E-state index in [4.69, 9.17) is 14.7 Å². The Morgan fingerprint density at radius 1 is 1.16 bits per heavy atom. The van der Waals surface area contributed by atoms with Crippen molar-refractivity contribution in [3.63, 3.8) is 0 Å². The van der Waals surface area contributed by atoms with Gasteiger partial charge in [0.1, 0.15) is 23.4 Å². The van der Waals surface area contributed by atoms with Crippen LogP contribution in [0.5, 0.6) is 11.5 Å². The number of aromatic nitrogens is 2. The van der Waals surface area contributed by atoms with Gasteiger partial charge >= 0.3 is 0 Å². The molecule has 19 heavy (non-hydrogen) atoms. The van der Waals surface area contributed by atoms with Crippen LogP contribution in [0.15, 0.2) is 18.2 Å². The summed E-state index contributed by atoms with van der Waals surface area (Å²) < 4.78 is 12.4. The van der Waals surface area contributed by atoms with Crippen molar-refractivity contribution in [1.82, 2.24) is 9.55 Å². The quantitative estimate of drug-likeness (QED) is 0.846. The molecule has 1 heterocycles. The van der Waals surface area contributed by atoms with Crippen LogP contribution in [0.1, 0.15) is 11.4 Å². The molecule has 0 atom stereocenters. The fraction of sp³-hybridized carbons (Fsp3) is 0.286. The van der Waals surface area contributed by atoms with Gasteiger partial charge in [0.05, 0.1) is 19.9 Å². The van der Waals surface area contributed by atoms with Gasteiger partial charge in [-0.05, 0) is 19.1 Å². The molecule has 2 aromatic rings. The SMILES string of the molecule is COc1cc(OC)cc(-c2nc(C#N)c(C)n2C)c1. The second-order valence-electron chi connectivity index (χ2n) is 4.14. The third-order valence-corrected chi connectivity index (χ3v) is 3.10. The standard InChI is InChI=1S/C14H15N3O2/c1-9-13(8-15)16-14(17(9)2)10-5-11(18-3)7-12(6-10)19-4/h5-7H,1-4H3. The van der Waals surface area contributed by atoms with Crippen LogP contribution in [-0.2, 0) is 7.05 Å². The molecule has 5 nitrogen and oxygen atoms in total. The minimum absolute atomic E-state index is 0.430. The number of benzene rings is 1. The van der Waals surface area contributed by atoms with E-state index in [0.29, 0.717) is 23.0 Å². The van der Waals surface area contributed by atoms with Gasteiger partial charge in [-0.3, -0.25) is 0 Å². The number of imidazole rings is 1. The highest BCUT2D eigenvalue weighted by Crippen LogP contribution is 2.29. The third kappa shape index (κ3) is 2.25. The first-order valence-corrected chi connectivity index (χ1v) is 5.77. The normalized spacial score (nSPS) is 10.1. The lowest BCUT2D eigenvalue weighted by Gasteiger charge is -2.08. The first kappa shape index (κ1) is 13.0. The first-order valence-electron chi connectivity index (χ1n) is 5.77. The molecule has 0 aliphatic rings. The van der Waals surface area contributed by atoms with Crippen molar-refractivity contribution in [1.29, 1.82) is 5.26 Å². The highest BCUT2D eigenvalue weighted by Gasteiger charge is 2.14. The lowest BCUT2D eigenvalue weighted by atomic mass is 10.2. The minimum atomic E-state index is 0.430. The average Bonchev–Trinajstić information content (AvgIpc) is 2.74. The molecule has 0 aliphatic heterocycles. The Balaban J connectivity index is 2.62. The van der Waals surface area contributed by atoms with Gasteiger partial charge in [0.25, 0.3) is 0 Å². The summed E-state index contributed by atoms with van der Waals surface area (Å²) in [6.07, 6.45) is 0. The van der Waals surface area contributed by atoms with Crippen molar-refractivity contribution in [3.05, 3.63) is 29.6 Å². The lowest BCUT2D eigenvalue weighted by Crippen LogP contribution is -1.96. The second kappa shape index (κ2) is 5.02. The van der Waals surface area contributed by atoms with E-state index in [1.165, 1.54) is 0 Å². The third-order valence-electron chi connectivity index (χ3n) is 3.10. The zero-order chi connectivity index (χ0) is 14.0. The number of ether oxygens (including phenoxy) is 2. The first-order chi connectivity index (χ1) is 9.10. The number of hydrogen-bond acceptors (Lipinski definition) is 4. The lowest BCUT2D eigenvalue weighted by molar-refractivity contribution is 0.394. The van der Waals surface area contributed by atoms with Crippen LogP contribution >= 0.6 is 0 Å². The van der Waals surface area contributed by atoms with Gasteiger partial charge in [0.15, 0.2) is 5.69 Å². The molecule has 2 rings (SSSR count). The predicted octanol–water partition coefficient (Wildman–Crippen LogP) is 2.28. The van der Waals surface area contributed by atoms with Crippen LogP contribution < -0.4 is 9.47 Å². The van der Waals surface area contributed by atoms with Crippen LogP contribution in [-0.4, -0.2) is 23.8 Å². The number of methoxy groups -OCH3 is 2. The molecule has 0 bridgehead atoms. The summed E-state index contributed by atoms with van der Waals surface area (Å²) in [6, 6.07) is 7.62. The second-order valence-corrected chi connectivity index (χ2v) is 4.14. The van der Waals surface area contributed by atoms with Gasteiger partial charge in [-0.25, -0.2) is 4.98 Å². The van der Waals surface area contributed by atoms with E-state index >= 15 is 0 Å². The molecule has 0 spiro atoms. The Morgan fingerprint density at radius 3 is 2.16 bits per heavy atom. The monoisotopic (exact) mass is 257 g/mol. The zero-order valence-electron chi connectivity index (χ0n) is 11.4. The van der Waals surface area contributed by atoms with Crippen molar-refractivity contribution in [2.75, 3.05) is 14.2 Å². The molecule has 0 saturated heterocycles. The fourth-order valence-electron chi connectivity index (χ4n) is 1.88. The van der Waals surface area contributed by atoms with E-state index in [1.54, 1.807) is 20.3 Å². The summed E-state index contributed by atoms with van der Waals surface area (Å²) in [5.41, 5.74) is 2.11. The van der Waals surface area contributed by atoms with Crippen LogP contribution in [0.3, 0.4) is 0 Å². The molecule has 1 aromatic carbocycles. The zero-order valence-corrected chi connectivity index (χ0v) is 11.4. The topological polar surface area (TPSA) is 60.1 Å². The van der Waals surface area contributed by atoms with E-state index in [2.05, 4.69) is 11.1 Å². The van der Waals surface area contributed by atoms with Crippen LogP contribution in [0.2, 0.25) is 0 Å². The maximum absolute atomic E-state index is 9.03. The van der Waals surface area contributed by atoms with Crippen molar-refractivity contribution >= 4 is 0 Å². The summed E-state index contributed by atoms with van der Waals surface area (Å²) in [6.45, 7) is 1.87. The summed E-state index contributed by atoms with van der Waals surface area (Å²) in [7, 11) is 5.08. The number of nitriles is 1. The van der Waals surface area contributed by atoms with Gasteiger partial charge in [-0.2, -0.15) is 5.26 Å². The fourth-order valence-corrected chi connectivity index (χ4v) is 1.88. The predicted molar refractivity (Wildman–Crippen MR) is 71.2 cm³/mol. The summed E-state index contributed by atoms with van der Waals surface area (Å²) in [4.78, 5) is 4.34. The van der Waals surface area contributed by atoms with Gasteiger partial charge in [-0.15, -0.1) is 0 Å². The van der Waals surface area contributed by atoms with Gasteiger partial charge in [0, 0.05) is 18.7 Å². The van der Waals surface area contributed by atoms with Gasteiger partial charge in [-0.1, -0.05) is 0 Å². The van der Waals surface area contributed by atoms with E-state index < -0.39 is 0 Å². The van der Waals surface area contributed by atoms with Crippen molar-refractivity contribution in [2.45, 2.75) is 6.92 Å². The Hall–Kier alpha value is -2.48. The molecule has 0 fully saturated rings. The maximum Gasteiger partial charge on any atom is 0.162 e. The highest BCUT2D eigenvalue weighted by atomic mass is 16.5. The molecule has 5 heteroatoms. The van der Waals surface area contributed by atoms with E-state index in [0.717, 1.165) is 11.3 Å². The number of hydrogen-bond donors (Lipinski definition) is 0. The average molecular weight is 257 g/mol. The van der Waals surface area contributed by atoms with Crippen LogP contribution in [0.25, 0.3) is 11.4 Å². The Kier molecular flexibility index (Phi) is 3.43. The van der Waals surface area contributed by atoms with E-state index in [1.807, 2.05) is 30.7 Å². The Labute approximate surface area is 112 Å². The highest BCUT2D eigenvalue weighted by molar-refractivity contribution is 5.63. The molecular formula is C14H15N3O2. The van der Waals surface area contributed by atoms with E-state index in [9.17, 15) is 0 Å². The molecule has 0 N–H and O–H groups in total. The molecule has 0 unspecified atom stereocenters. The molecule has 1 aromatic heterocycles. The molecule has 0 saturated carbocycles. The van der Waals surface area contributed by atoms with Crippen LogP contribution in [0.4, 0.5) is 0 Å². The van der Waals surface area contributed by atoms with Gasteiger partial charge < -0.3 is 14.0 Å². The Morgan fingerprint density at radius 2 is 1.74 bits per heavy atom. The van der Waals surface area contributed by atoms with Gasteiger partial charge in [0.2, 0.25) is 0 Å². The maximum atomic E-state index is 9.03. The van der Waals surface area contributed by atoms with Crippen molar-refractivity contribution in [2.24, 2.45) is 7.05 Å². The largest absolute Gasteiger partial charge is 0.497 e. The van der Waals surface area contributed by atoms with Crippen molar-refractivity contribution < 1.29 is 9.47 Å². The molecule has 98 valence electrons. The number of nitrogens with zero attached hydrogens (tertiary/aromatic N) is 3. The summed E-state index contributed by atoms with van der Waals surface area (Å²) in [5, 5.41) is 9.03. The minimum Gasteiger partial charge on any atom is -0.497 e. The molecule has 0 aliphatic carbocycles. The summed E-state index contributed by atoms with van der Waals surface area (Å²) >= 11 is 0. The smallest absolute Gasteiger partial charge is 0.162 e. The van der Waals surface area contributed by atoms with Crippen LogP contribution in [0, 0.1) is 18.3 Å². The van der Waals surface area contributed by atoms with E-state index in [-0.39, 0.29) is 0 Å². The molecule has 0 amide bonds. The molecular weight excluding hydrogens is 242 g/mol. The summed E-state index contributed by atoms with van der Waals surface area (Å²) in [5.74, 6) is 2.09.